The van der Waals surface area contributed by atoms with Crippen LogP contribution in [0.4, 0.5) is 0 Å². The number of guanidine groups is 1. The van der Waals surface area contributed by atoms with E-state index in [9.17, 15) is 0 Å². The molecule has 0 atom stereocenters. The molecule has 0 aliphatic heterocycles. The fraction of sp³-hybridized carbons (Fsp3) is 0.500. The molecule has 0 bridgehead atoms. The van der Waals surface area contributed by atoms with E-state index in [0.717, 1.165) is 16.7 Å². The van der Waals surface area contributed by atoms with E-state index in [1.165, 1.54) is 0 Å². The Kier molecular flexibility index (Phi) is 5.43. The third-order valence-corrected chi connectivity index (χ3v) is 3.45. The first-order valence-electron chi connectivity index (χ1n) is 7.01. The van der Waals surface area contributed by atoms with Crippen LogP contribution in [0, 0.1) is 6.92 Å². The Balaban J connectivity index is 1.86. The minimum atomic E-state index is 0.623. The van der Waals surface area contributed by atoms with Gasteiger partial charge in [0.15, 0.2) is 11.8 Å². The summed E-state index contributed by atoms with van der Waals surface area (Å²) in [5, 5.41) is 7.78. The lowest BCUT2D eigenvalue weighted by atomic mass is 10.4. The van der Waals surface area contributed by atoms with Gasteiger partial charge in [0.1, 0.15) is 0 Å². The molecule has 0 aliphatic carbocycles. The zero-order valence-electron chi connectivity index (χ0n) is 13.3. The summed E-state index contributed by atoms with van der Waals surface area (Å²) in [7, 11) is 5.71. The molecule has 7 nitrogen and oxygen atoms in total. The van der Waals surface area contributed by atoms with E-state index in [1.54, 1.807) is 14.0 Å². The Hall–Kier alpha value is -2.02. The molecule has 2 aromatic heterocycles. The lowest BCUT2D eigenvalue weighted by Crippen LogP contribution is -2.39. The van der Waals surface area contributed by atoms with Gasteiger partial charge in [-0.05, 0) is 13.0 Å². The van der Waals surface area contributed by atoms with Gasteiger partial charge in [0.25, 0.3) is 0 Å². The number of hydrogen-bond donors (Lipinski definition) is 1. The van der Waals surface area contributed by atoms with E-state index in [0.29, 0.717) is 31.2 Å². The summed E-state index contributed by atoms with van der Waals surface area (Å²) in [6.45, 7) is 3.19. The Bertz CT molecular complexity index is 648. The number of aryl methyl sites for hydroxylation is 2. The third-order valence-electron chi connectivity index (χ3n) is 3.24. The monoisotopic (exact) mass is 324 g/mol. The summed E-state index contributed by atoms with van der Waals surface area (Å²) in [4.78, 5) is 10.5. The molecule has 0 spiro atoms. The number of aromatic nitrogens is 3. The molecule has 0 saturated heterocycles. The molecule has 0 radical (unpaired) electrons. The quantitative estimate of drug-likeness (QED) is 0.668. The zero-order chi connectivity index (χ0) is 16.1. The average Bonchev–Trinajstić information content (AvgIpc) is 3.01. The molecule has 2 heterocycles. The van der Waals surface area contributed by atoms with E-state index >= 15 is 0 Å². The third kappa shape index (κ3) is 4.24. The van der Waals surface area contributed by atoms with Crippen molar-refractivity contribution < 1.29 is 4.52 Å². The van der Waals surface area contributed by atoms with Crippen molar-refractivity contribution in [3.63, 3.8) is 0 Å². The maximum absolute atomic E-state index is 6.01. The van der Waals surface area contributed by atoms with E-state index in [1.807, 2.05) is 35.8 Å². The van der Waals surface area contributed by atoms with Crippen LogP contribution in [0.1, 0.15) is 17.4 Å². The Morgan fingerprint density at radius 2 is 2.32 bits per heavy atom. The van der Waals surface area contributed by atoms with E-state index in [-0.39, 0.29) is 0 Å². The molecular formula is C14H21ClN6O. The van der Waals surface area contributed by atoms with Crippen molar-refractivity contribution in [1.29, 1.82) is 0 Å². The normalized spacial score (nSPS) is 11.8. The van der Waals surface area contributed by atoms with Gasteiger partial charge in [-0.15, -0.1) is 0 Å². The van der Waals surface area contributed by atoms with Crippen LogP contribution in [0.5, 0.6) is 0 Å². The Labute approximate surface area is 135 Å². The second kappa shape index (κ2) is 7.31. The minimum Gasteiger partial charge on any atom is -0.356 e. The van der Waals surface area contributed by atoms with Gasteiger partial charge in [-0.3, -0.25) is 4.99 Å². The van der Waals surface area contributed by atoms with Gasteiger partial charge in [-0.2, -0.15) is 4.98 Å². The SMILES string of the molecule is CN=C(NCCc1nc(C)no1)N(C)Cc1cc(Cl)cn1C. The molecule has 0 aromatic carbocycles. The highest BCUT2D eigenvalue weighted by Crippen LogP contribution is 2.14. The number of nitrogens with zero attached hydrogens (tertiary/aromatic N) is 5. The van der Waals surface area contributed by atoms with Crippen molar-refractivity contribution in [2.24, 2.45) is 12.0 Å². The van der Waals surface area contributed by atoms with Crippen LogP contribution in [0.25, 0.3) is 0 Å². The predicted octanol–water partition coefficient (Wildman–Crippen LogP) is 1.62. The van der Waals surface area contributed by atoms with Crippen LogP contribution < -0.4 is 5.32 Å². The molecule has 22 heavy (non-hydrogen) atoms. The van der Waals surface area contributed by atoms with Gasteiger partial charge in [0.2, 0.25) is 5.89 Å². The highest BCUT2D eigenvalue weighted by molar-refractivity contribution is 6.30. The minimum absolute atomic E-state index is 0.623. The fourth-order valence-corrected chi connectivity index (χ4v) is 2.42. The molecule has 1 N–H and O–H groups in total. The topological polar surface area (TPSA) is 71.5 Å². The maximum atomic E-state index is 6.01. The van der Waals surface area contributed by atoms with Crippen molar-refractivity contribution in [3.05, 3.63) is 34.7 Å². The lowest BCUT2D eigenvalue weighted by Gasteiger charge is -2.22. The second-order valence-corrected chi connectivity index (χ2v) is 5.51. The first-order valence-corrected chi connectivity index (χ1v) is 7.39. The van der Waals surface area contributed by atoms with Crippen LogP contribution in [-0.2, 0) is 20.0 Å². The standard InChI is InChI=1S/C14H21ClN6O/c1-10-18-13(22-19-10)5-6-17-14(16-2)21(4)9-12-7-11(15)8-20(12)3/h7-8H,5-6,9H2,1-4H3,(H,16,17). The Morgan fingerprint density at radius 3 is 2.86 bits per heavy atom. The van der Waals surface area contributed by atoms with Crippen molar-refractivity contribution in [2.75, 3.05) is 20.6 Å². The molecule has 120 valence electrons. The molecule has 0 fully saturated rings. The summed E-state index contributed by atoms with van der Waals surface area (Å²) in [6, 6.07) is 1.95. The average molecular weight is 325 g/mol. The van der Waals surface area contributed by atoms with E-state index in [2.05, 4.69) is 20.4 Å². The summed E-state index contributed by atoms with van der Waals surface area (Å²) >= 11 is 6.01. The van der Waals surface area contributed by atoms with Crippen LogP contribution in [0.2, 0.25) is 5.02 Å². The molecule has 0 amide bonds. The van der Waals surface area contributed by atoms with Gasteiger partial charge in [-0.25, -0.2) is 0 Å². The highest BCUT2D eigenvalue weighted by Gasteiger charge is 2.10. The molecule has 0 saturated carbocycles. The van der Waals surface area contributed by atoms with Gasteiger partial charge >= 0.3 is 0 Å². The van der Waals surface area contributed by atoms with Crippen molar-refractivity contribution in [2.45, 2.75) is 19.9 Å². The van der Waals surface area contributed by atoms with Crippen LogP contribution >= 0.6 is 11.6 Å². The Morgan fingerprint density at radius 1 is 1.55 bits per heavy atom. The van der Waals surface area contributed by atoms with Crippen LogP contribution in [0.3, 0.4) is 0 Å². The number of hydrogen-bond acceptors (Lipinski definition) is 4. The highest BCUT2D eigenvalue weighted by atomic mass is 35.5. The smallest absolute Gasteiger partial charge is 0.228 e. The summed E-state index contributed by atoms with van der Waals surface area (Å²) in [6.07, 6.45) is 2.54. The molecule has 0 unspecified atom stereocenters. The zero-order valence-corrected chi connectivity index (χ0v) is 14.1. The number of nitrogens with one attached hydrogen (secondary N) is 1. The number of aliphatic imine (C=N–C) groups is 1. The van der Waals surface area contributed by atoms with Gasteiger partial charge in [0.05, 0.1) is 11.6 Å². The van der Waals surface area contributed by atoms with Crippen LogP contribution in [0.15, 0.2) is 21.8 Å². The van der Waals surface area contributed by atoms with Crippen molar-refractivity contribution >= 4 is 17.6 Å². The van der Waals surface area contributed by atoms with Gasteiger partial charge in [-0.1, -0.05) is 16.8 Å². The predicted molar refractivity (Wildman–Crippen MR) is 86.0 cm³/mol. The van der Waals surface area contributed by atoms with Crippen molar-refractivity contribution in [3.8, 4) is 0 Å². The van der Waals surface area contributed by atoms with Gasteiger partial charge < -0.3 is 19.3 Å². The van der Waals surface area contributed by atoms with Crippen molar-refractivity contribution in [1.82, 2.24) is 24.9 Å². The molecule has 8 heteroatoms. The van der Waals surface area contributed by atoms with Crippen LogP contribution in [-0.4, -0.2) is 46.2 Å². The summed E-state index contributed by atoms with van der Waals surface area (Å²) < 4.78 is 7.09. The molecule has 2 rings (SSSR count). The number of halogens is 1. The van der Waals surface area contributed by atoms with Gasteiger partial charge in [0, 0.05) is 46.0 Å². The molecule has 0 aliphatic rings. The molecule has 2 aromatic rings. The summed E-state index contributed by atoms with van der Waals surface area (Å²) in [5.41, 5.74) is 1.11. The van der Waals surface area contributed by atoms with E-state index in [4.69, 9.17) is 16.1 Å². The second-order valence-electron chi connectivity index (χ2n) is 5.08. The first kappa shape index (κ1) is 16.4. The summed E-state index contributed by atoms with van der Waals surface area (Å²) in [5.74, 6) is 2.07. The molecular weight excluding hydrogens is 304 g/mol. The lowest BCUT2D eigenvalue weighted by molar-refractivity contribution is 0.373. The van der Waals surface area contributed by atoms with E-state index < -0.39 is 0 Å². The fourth-order valence-electron chi connectivity index (χ4n) is 2.15. The number of rotatable bonds is 5. The first-order chi connectivity index (χ1) is 10.5. The largest absolute Gasteiger partial charge is 0.356 e. The maximum Gasteiger partial charge on any atom is 0.228 e.